The number of hydrogen-bond acceptors (Lipinski definition) is 5. The van der Waals surface area contributed by atoms with Gasteiger partial charge >= 0.3 is 0 Å². The van der Waals surface area contributed by atoms with E-state index in [1.807, 2.05) is 13.0 Å². The van der Waals surface area contributed by atoms with Gasteiger partial charge in [-0.2, -0.15) is 5.26 Å². The lowest BCUT2D eigenvalue weighted by Crippen LogP contribution is -2.13. The van der Waals surface area contributed by atoms with Crippen LogP contribution in [0.15, 0.2) is 48.0 Å². The molecule has 1 N–H and O–H groups in total. The number of carbonyl (C=O) groups is 1. The second-order valence-electron chi connectivity index (χ2n) is 6.19. The topological polar surface area (TPSA) is 80.6 Å². The van der Waals surface area contributed by atoms with Crippen molar-refractivity contribution in [1.82, 2.24) is 0 Å². The summed E-state index contributed by atoms with van der Waals surface area (Å²) in [5, 5.41) is 12.1. The molecule has 0 fully saturated rings. The normalized spacial score (nSPS) is 10.8. The van der Waals surface area contributed by atoms with Crippen LogP contribution in [0.2, 0.25) is 0 Å². The first-order valence-electron chi connectivity index (χ1n) is 9.58. The molecule has 0 atom stereocenters. The summed E-state index contributed by atoms with van der Waals surface area (Å²) in [5.41, 5.74) is 1.24. The van der Waals surface area contributed by atoms with E-state index in [-0.39, 0.29) is 5.57 Å². The number of nitrogens with zero attached hydrogens (tertiary/aromatic N) is 1. The highest BCUT2D eigenvalue weighted by Crippen LogP contribution is 2.29. The maximum atomic E-state index is 12.5. The van der Waals surface area contributed by atoms with Gasteiger partial charge in [-0.15, -0.1) is 0 Å². The zero-order chi connectivity index (χ0) is 21.1. The molecule has 0 heterocycles. The highest BCUT2D eigenvalue weighted by molar-refractivity contribution is 6.09. The number of anilines is 1. The number of nitriles is 1. The molecule has 2 aromatic carbocycles. The lowest BCUT2D eigenvalue weighted by atomic mass is 10.1. The van der Waals surface area contributed by atoms with Gasteiger partial charge in [-0.05, 0) is 61.4 Å². The van der Waals surface area contributed by atoms with Gasteiger partial charge in [-0.25, -0.2) is 0 Å². The van der Waals surface area contributed by atoms with E-state index in [9.17, 15) is 10.1 Å². The maximum Gasteiger partial charge on any atom is 0.266 e. The van der Waals surface area contributed by atoms with E-state index in [0.717, 1.165) is 12.8 Å². The Hall–Kier alpha value is -3.46. The third-order valence-electron chi connectivity index (χ3n) is 4.05. The molecule has 2 rings (SSSR count). The standard InChI is InChI=1S/C23H26N2O4/c1-4-6-13-29-21-12-7-17(15-22(21)28-5-2)14-18(16-24)23(26)25-19-8-10-20(27-3)11-9-19/h7-12,14-15H,4-6,13H2,1-3H3,(H,25,26)/b18-14-. The van der Waals surface area contributed by atoms with E-state index >= 15 is 0 Å². The third kappa shape index (κ3) is 6.58. The van der Waals surface area contributed by atoms with Crippen LogP contribution in [0.3, 0.4) is 0 Å². The summed E-state index contributed by atoms with van der Waals surface area (Å²) in [5.74, 6) is 1.44. The number of amides is 1. The Kier molecular flexibility index (Phi) is 8.58. The molecule has 0 unspecified atom stereocenters. The van der Waals surface area contributed by atoms with Crippen molar-refractivity contribution < 1.29 is 19.0 Å². The Labute approximate surface area is 171 Å². The lowest BCUT2D eigenvalue weighted by molar-refractivity contribution is -0.112. The first-order valence-corrected chi connectivity index (χ1v) is 9.58. The molecule has 6 heteroatoms. The quantitative estimate of drug-likeness (QED) is 0.355. The van der Waals surface area contributed by atoms with Gasteiger partial charge in [-0.1, -0.05) is 19.4 Å². The van der Waals surface area contributed by atoms with Gasteiger partial charge < -0.3 is 19.5 Å². The summed E-state index contributed by atoms with van der Waals surface area (Å²) in [6, 6.07) is 14.2. The summed E-state index contributed by atoms with van der Waals surface area (Å²) in [4.78, 5) is 12.5. The molecule has 0 aromatic heterocycles. The summed E-state index contributed by atoms with van der Waals surface area (Å²) in [6.45, 7) is 5.09. The maximum absolute atomic E-state index is 12.5. The van der Waals surface area contributed by atoms with E-state index < -0.39 is 5.91 Å². The van der Waals surface area contributed by atoms with Crippen LogP contribution in [0.1, 0.15) is 32.3 Å². The second-order valence-corrected chi connectivity index (χ2v) is 6.19. The van der Waals surface area contributed by atoms with Gasteiger partial charge in [0.25, 0.3) is 5.91 Å². The Balaban J connectivity index is 2.18. The van der Waals surface area contributed by atoms with Gasteiger partial charge in [0, 0.05) is 5.69 Å². The zero-order valence-electron chi connectivity index (χ0n) is 17.0. The second kappa shape index (κ2) is 11.4. The van der Waals surface area contributed by atoms with Crippen LogP contribution in [0, 0.1) is 11.3 Å². The predicted molar refractivity (Wildman–Crippen MR) is 113 cm³/mol. The first-order chi connectivity index (χ1) is 14.1. The number of carbonyl (C=O) groups excluding carboxylic acids is 1. The molecule has 1 amide bonds. The average molecular weight is 394 g/mol. The Morgan fingerprint density at radius 2 is 1.86 bits per heavy atom. The fraction of sp³-hybridized carbons (Fsp3) is 0.304. The minimum absolute atomic E-state index is 0.0112. The highest BCUT2D eigenvalue weighted by atomic mass is 16.5. The van der Waals surface area contributed by atoms with Crippen LogP contribution in [0.5, 0.6) is 17.2 Å². The molecular weight excluding hydrogens is 368 g/mol. The first kappa shape index (κ1) is 21.8. The van der Waals surface area contributed by atoms with Crippen LogP contribution >= 0.6 is 0 Å². The molecule has 0 saturated heterocycles. The van der Waals surface area contributed by atoms with Crippen molar-refractivity contribution in [3.8, 4) is 23.3 Å². The molecule has 0 spiro atoms. The summed E-state index contributed by atoms with van der Waals surface area (Å²) < 4.78 is 16.5. The number of methoxy groups -OCH3 is 1. The molecule has 0 radical (unpaired) electrons. The van der Waals surface area contributed by atoms with Crippen molar-refractivity contribution >= 4 is 17.7 Å². The lowest BCUT2D eigenvalue weighted by Gasteiger charge is -2.12. The van der Waals surface area contributed by atoms with Gasteiger partial charge in [0.05, 0.1) is 20.3 Å². The van der Waals surface area contributed by atoms with E-state index in [4.69, 9.17) is 14.2 Å². The summed E-state index contributed by atoms with van der Waals surface area (Å²) >= 11 is 0. The number of benzene rings is 2. The molecule has 29 heavy (non-hydrogen) atoms. The molecule has 0 aliphatic carbocycles. The summed E-state index contributed by atoms with van der Waals surface area (Å²) in [6.07, 6.45) is 3.52. The van der Waals surface area contributed by atoms with Crippen molar-refractivity contribution in [2.45, 2.75) is 26.7 Å². The molecular formula is C23H26N2O4. The average Bonchev–Trinajstić information content (AvgIpc) is 2.74. The molecule has 0 aliphatic rings. The Bertz CT molecular complexity index is 883. The largest absolute Gasteiger partial charge is 0.497 e. The predicted octanol–water partition coefficient (Wildman–Crippen LogP) is 4.82. The fourth-order valence-electron chi connectivity index (χ4n) is 2.52. The van der Waals surface area contributed by atoms with Crippen molar-refractivity contribution in [3.63, 3.8) is 0 Å². The molecule has 2 aromatic rings. The molecule has 6 nitrogen and oxygen atoms in total. The summed E-state index contributed by atoms with van der Waals surface area (Å²) in [7, 11) is 1.57. The Morgan fingerprint density at radius 1 is 1.10 bits per heavy atom. The monoisotopic (exact) mass is 394 g/mol. The van der Waals surface area contributed by atoms with Crippen molar-refractivity contribution in [2.24, 2.45) is 0 Å². The van der Waals surface area contributed by atoms with E-state index in [1.165, 1.54) is 6.08 Å². The number of hydrogen-bond donors (Lipinski definition) is 1. The Morgan fingerprint density at radius 3 is 2.48 bits per heavy atom. The highest BCUT2D eigenvalue weighted by Gasteiger charge is 2.11. The van der Waals surface area contributed by atoms with Crippen LogP contribution in [0.25, 0.3) is 6.08 Å². The molecule has 152 valence electrons. The van der Waals surface area contributed by atoms with Crippen LogP contribution in [-0.2, 0) is 4.79 Å². The van der Waals surface area contributed by atoms with Gasteiger partial charge in [-0.3, -0.25) is 4.79 Å². The van der Waals surface area contributed by atoms with Crippen molar-refractivity contribution in [2.75, 3.05) is 25.6 Å². The van der Waals surface area contributed by atoms with Gasteiger partial charge in [0.1, 0.15) is 17.4 Å². The van der Waals surface area contributed by atoms with Crippen molar-refractivity contribution in [3.05, 3.63) is 53.6 Å². The fourth-order valence-corrected chi connectivity index (χ4v) is 2.52. The van der Waals surface area contributed by atoms with E-state index in [1.54, 1.807) is 49.6 Å². The smallest absolute Gasteiger partial charge is 0.266 e. The van der Waals surface area contributed by atoms with Crippen LogP contribution in [-0.4, -0.2) is 26.2 Å². The van der Waals surface area contributed by atoms with Gasteiger partial charge in [0.2, 0.25) is 0 Å². The SMILES string of the molecule is CCCCOc1ccc(/C=C(/C#N)C(=O)Nc2ccc(OC)cc2)cc1OCC. The molecule has 0 bridgehead atoms. The van der Waals surface area contributed by atoms with Crippen molar-refractivity contribution in [1.29, 1.82) is 5.26 Å². The number of rotatable bonds is 10. The molecule has 0 saturated carbocycles. The minimum Gasteiger partial charge on any atom is -0.497 e. The zero-order valence-corrected chi connectivity index (χ0v) is 17.0. The number of unbranched alkanes of at least 4 members (excludes halogenated alkanes) is 1. The van der Waals surface area contributed by atoms with Gasteiger partial charge in [0.15, 0.2) is 11.5 Å². The van der Waals surface area contributed by atoms with Crippen LogP contribution in [0.4, 0.5) is 5.69 Å². The minimum atomic E-state index is -0.487. The van der Waals surface area contributed by atoms with E-state index in [0.29, 0.717) is 41.7 Å². The number of ether oxygens (including phenoxy) is 3. The van der Waals surface area contributed by atoms with E-state index in [2.05, 4.69) is 12.2 Å². The molecule has 0 aliphatic heterocycles. The van der Waals surface area contributed by atoms with Crippen LogP contribution < -0.4 is 19.5 Å². The number of nitrogens with one attached hydrogen (secondary N) is 1. The third-order valence-corrected chi connectivity index (χ3v) is 4.05.